The van der Waals surface area contributed by atoms with E-state index in [1.54, 1.807) is 23.9 Å². The summed E-state index contributed by atoms with van der Waals surface area (Å²) in [6.07, 6.45) is 0. The van der Waals surface area contributed by atoms with Crippen LogP contribution < -0.4 is 10.2 Å². The molecular weight excluding hydrogens is 308 g/mol. The van der Waals surface area contributed by atoms with Crippen molar-refractivity contribution >= 4 is 22.8 Å². The van der Waals surface area contributed by atoms with Gasteiger partial charge in [-0.25, -0.2) is 0 Å². The van der Waals surface area contributed by atoms with Gasteiger partial charge in [-0.2, -0.15) is 5.10 Å². The number of carbonyl (C=O) groups excluding carboxylic acids is 1. The minimum Gasteiger partial charge on any atom is -0.427 e. The Labute approximate surface area is 139 Å². The van der Waals surface area contributed by atoms with Crippen LogP contribution in [0, 0.1) is 6.92 Å². The molecule has 23 heavy (non-hydrogen) atoms. The fraction of sp³-hybridized carbons (Fsp3) is 0.222. The standard InChI is InChI=1S/C18H18N2O2S/c1-12-4-6-14(7-5-12)17-19-20-18(3,23-17)15-8-10-16(11-9-15)22-13(2)21/h4-11,20H,1-3H3/t18-/m0/s1. The zero-order chi connectivity index (χ0) is 16.4. The van der Waals surface area contributed by atoms with Crippen molar-refractivity contribution in [2.75, 3.05) is 0 Å². The molecule has 0 aliphatic carbocycles. The zero-order valence-corrected chi connectivity index (χ0v) is 14.1. The molecule has 0 saturated carbocycles. The van der Waals surface area contributed by atoms with Crippen LogP contribution >= 0.6 is 11.8 Å². The van der Waals surface area contributed by atoms with Gasteiger partial charge in [0.15, 0.2) is 0 Å². The van der Waals surface area contributed by atoms with Gasteiger partial charge in [-0.05, 0) is 31.5 Å². The van der Waals surface area contributed by atoms with Crippen molar-refractivity contribution in [1.82, 2.24) is 5.43 Å². The monoisotopic (exact) mass is 326 g/mol. The van der Waals surface area contributed by atoms with Crippen LogP contribution in [-0.4, -0.2) is 11.0 Å². The highest BCUT2D eigenvalue weighted by molar-refractivity contribution is 8.15. The summed E-state index contributed by atoms with van der Waals surface area (Å²) in [5.74, 6) is 0.231. The van der Waals surface area contributed by atoms with E-state index in [2.05, 4.69) is 48.6 Å². The van der Waals surface area contributed by atoms with E-state index in [9.17, 15) is 4.79 Å². The van der Waals surface area contributed by atoms with Gasteiger partial charge in [0, 0.05) is 12.5 Å². The van der Waals surface area contributed by atoms with Gasteiger partial charge in [-0.3, -0.25) is 10.2 Å². The molecule has 0 aromatic heterocycles. The second-order valence-corrected chi connectivity index (χ2v) is 7.06. The van der Waals surface area contributed by atoms with Gasteiger partial charge in [-0.1, -0.05) is 53.7 Å². The summed E-state index contributed by atoms with van der Waals surface area (Å²) in [6.45, 7) is 5.55. The van der Waals surface area contributed by atoms with Crippen molar-refractivity contribution in [2.24, 2.45) is 5.10 Å². The summed E-state index contributed by atoms with van der Waals surface area (Å²) >= 11 is 1.68. The van der Waals surface area contributed by atoms with Crippen LogP contribution in [0.5, 0.6) is 5.75 Å². The molecule has 2 aromatic rings. The number of nitrogens with one attached hydrogen (secondary N) is 1. The number of esters is 1. The summed E-state index contributed by atoms with van der Waals surface area (Å²) in [4.78, 5) is 10.6. The smallest absolute Gasteiger partial charge is 0.308 e. The predicted octanol–water partition coefficient (Wildman–Crippen LogP) is 3.79. The summed E-state index contributed by atoms with van der Waals surface area (Å²) in [5, 5.41) is 5.45. The van der Waals surface area contributed by atoms with Gasteiger partial charge in [0.2, 0.25) is 0 Å². The van der Waals surface area contributed by atoms with Crippen LogP contribution in [0.25, 0.3) is 0 Å². The molecule has 0 amide bonds. The fourth-order valence-electron chi connectivity index (χ4n) is 2.35. The SMILES string of the molecule is CC(=O)Oc1ccc([C@@]2(C)NN=C(c3ccc(C)cc3)S2)cc1. The summed E-state index contributed by atoms with van der Waals surface area (Å²) in [6, 6.07) is 15.8. The van der Waals surface area contributed by atoms with E-state index < -0.39 is 0 Å². The lowest BCUT2D eigenvalue weighted by molar-refractivity contribution is -0.131. The number of benzene rings is 2. The molecule has 0 saturated heterocycles. The lowest BCUT2D eigenvalue weighted by Crippen LogP contribution is -2.28. The first-order valence-corrected chi connectivity index (χ1v) is 8.18. The highest BCUT2D eigenvalue weighted by Gasteiger charge is 2.34. The van der Waals surface area contributed by atoms with Crippen molar-refractivity contribution < 1.29 is 9.53 Å². The van der Waals surface area contributed by atoms with E-state index >= 15 is 0 Å². The number of rotatable bonds is 3. The molecule has 4 nitrogen and oxygen atoms in total. The van der Waals surface area contributed by atoms with Crippen LogP contribution in [0.2, 0.25) is 0 Å². The fourth-order valence-corrected chi connectivity index (χ4v) is 3.42. The molecule has 0 spiro atoms. The van der Waals surface area contributed by atoms with E-state index in [1.807, 2.05) is 12.1 Å². The second kappa shape index (κ2) is 6.08. The molecule has 1 aliphatic rings. The first kappa shape index (κ1) is 15.6. The number of aryl methyl sites for hydroxylation is 1. The van der Waals surface area contributed by atoms with Gasteiger partial charge in [0.25, 0.3) is 0 Å². The topological polar surface area (TPSA) is 50.7 Å². The molecule has 118 valence electrons. The molecule has 1 atom stereocenters. The first-order valence-electron chi connectivity index (χ1n) is 7.36. The van der Waals surface area contributed by atoms with Crippen molar-refractivity contribution in [3.8, 4) is 5.75 Å². The molecule has 0 bridgehead atoms. The van der Waals surface area contributed by atoms with E-state index in [0.717, 1.165) is 16.2 Å². The number of thioether (sulfide) groups is 1. The number of ether oxygens (including phenoxy) is 1. The van der Waals surface area contributed by atoms with Crippen LogP contribution in [-0.2, 0) is 9.67 Å². The minimum absolute atomic E-state index is 0.317. The highest BCUT2D eigenvalue weighted by Crippen LogP contribution is 2.40. The lowest BCUT2D eigenvalue weighted by Gasteiger charge is -2.23. The Morgan fingerprint density at radius 2 is 1.78 bits per heavy atom. The van der Waals surface area contributed by atoms with Gasteiger partial charge in [0.05, 0.1) is 0 Å². The third kappa shape index (κ3) is 3.40. The predicted molar refractivity (Wildman–Crippen MR) is 93.5 cm³/mol. The molecule has 1 aliphatic heterocycles. The van der Waals surface area contributed by atoms with Gasteiger partial charge in [-0.15, -0.1) is 0 Å². The molecular formula is C18H18N2O2S. The lowest BCUT2D eigenvalue weighted by atomic mass is 10.1. The van der Waals surface area contributed by atoms with Crippen LogP contribution in [0.1, 0.15) is 30.5 Å². The van der Waals surface area contributed by atoms with Crippen LogP contribution in [0.4, 0.5) is 0 Å². The summed E-state index contributed by atoms with van der Waals surface area (Å²) in [5.41, 5.74) is 6.62. The quantitative estimate of drug-likeness (QED) is 0.689. The number of hydrazone groups is 1. The van der Waals surface area contributed by atoms with Crippen LogP contribution in [0.15, 0.2) is 53.6 Å². The molecule has 1 heterocycles. The average molecular weight is 326 g/mol. The molecule has 3 rings (SSSR count). The molecule has 0 radical (unpaired) electrons. The van der Waals surface area contributed by atoms with E-state index in [-0.39, 0.29) is 10.8 Å². The Bertz CT molecular complexity index is 754. The molecule has 1 N–H and O–H groups in total. The normalized spacial score (nSPS) is 19.9. The number of hydrogen-bond donors (Lipinski definition) is 1. The maximum atomic E-state index is 11.0. The van der Waals surface area contributed by atoms with Crippen LogP contribution in [0.3, 0.4) is 0 Å². The number of hydrogen-bond acceptors (Lipinski definition) is 5. The van der Waals surface area contributed by atoms with Crippen molar-refractivity contribution in [1.29, 1.82) is 0 Å². The third-order valence-electron chi connectivity index (χ3n) is 3.64. The average Bonchev–Trinajstić information content (AvgIpc) is 2.92. The Kier molecular flexibility index (Phi) is 4.13. The van der Waals surface area contributed by atoms with Crippen molar-refractivity contribution in [3.63, 3.8) is 0 Å². The Morgan fingerprint density at radius 1 is 1.13 bits per heavy atom. The molecule has 5 heteroatoms. The highest BCUT2D eigenvalue weighted by atomic mass is 32.2. The second-order valence-electron chi connectivity index (χ2n) is 5.65. The summed E-state index contributed by atoms with van der Waals surface area (Å²) in [7, 11) is 0. The van der Waals surface area contributed by atoms with E-state index in [4.69, 9.17) is 4.74 Å². The Hall–Kier alpha value is -2.27. The minimum atomic E-state index is -0.338. The first-order chi connectivity index (χ1) is 11.0. The Balaban J connectivity index is 1.76. The van der Waals surface area contributed by atoms with E-state index in [0.29, 0.717) is 5.75 Å². The largest absolute Gasteiger partial charge is 0.427 e. The Morgan fingerprint density at radius 3 is 2.39 bits per heavy atom. The van der Waals surface area contributed by atoms with E-state index in [1.165, 1.54) is 12.5 Å². The van der Waals surface area contributed by atoms with Gasteiger partial charge in [0.1, 0.15) is 15.7 Å². The molecule has 2 aromatic carbocycles. The maximum Gasteiger partial charge on any atom is 0.308 e. The maximum absolute atomic E-state index is 11.0. The zero-order valence-electron chi connectivity index (χ0n) is 13.3. The number of carbonyl (C=O) groups is 1. The number of nitrogens with zero attached hydrogens (tertiary/aromatic N) is 1. The third-order valence-corrected chi connectivity index (χ3v) is 4.89. The van der Waals surface area contributed by atoms with Gasteiger partial charge < -0.3 is 4.74 Å². The van der Waals surface area contributed by atoms with Gasteiger partial charge >= 0.3 is 5.97 Å². The van der Waals surface area contributed by atoms with Crippen molar-refractivity contribution in [2.45, 2.75) is 25.6 Å². The van der Waals surface area contributed by atoms with Crippen molar-refractivity contribution in [3.05, 3.63) is 65.2 Å². The molecule has 0 unspecified atom stereocenters. The molecule has 0 fully saturated rings. The summed E-state index contributed by atoms with van der Waals surface area (Å²) < 4.78 is 5.07.